The fraction of sp³-hybridized carbons (Fsp3) is 0.636. The number of hydrogen-bond acceptors (Lipinski definition) is 4. The molecule has 0 saturated carbocycles. The van der Waals surface area contributed by atoms with Crippen LogP contribution in [0.1, 0.15) is 23.0 Å². The molecule has 1 aromatic rings. The summed E-state index contributed by atoms with van der Waals surface area (Å²) in [6.45, 7) is 3.42. The molecule has 1 aromatic heterocycles. The topological polar surface area (TPSA) is 70.4 Å². The van der Waals surface area contributed by atoms with Crippen molar-refractivity contribution in [2.24, 2.45) is 7.05 Å². The second-order valence-corrected chi connectivity index (χ2v) is 4.38. The molecule has 6 heteroatoms. The maximum Gasteiger partial charge on any atom is 0.339 e. The maximum atomic E-state index is 11.0. The van der Waals surface area contributed by atoms with Gasteiger partial charge in [0, 0.05) is 26.2 Å². The SMILES string of the molecule is CC(CNCc1c(C(=O)O)cnn1C)N(C)C. The Bertz CT molecular complexity index is 387. The van der Waals surface area contributed by atoms with Crippen LogP contribution < -0.4 is 5.32 Å². The predicted octanol–water partition coefficient (Wildman–Crippen LogP) is 0.158. The molecule has 0 aliphatic heterocycles. The lowest BCUT2D eigenvalue weighted by Gasteiger charge is -2.20. The van der Waals surface area contributed by atoms with Crippen LogP contribution in [0.4, 0.5) is 0 Å². The molecule has 0 fully saturated rings. The van der Waals surface area contributed by atoms with Crippen molar-refractivity contribution >= 4 is 5.97 Å². The molecule has 0 aliphatic rings. The minimum Gasteiger partial charge on any atom is -0.478 e. The number of carboxylic acids is 1. The second kappa shape index (κ2) is 5.79. The molecule has 6 nitrogen and oxygen atoms in total. The highest BCUT2D eigenvalue weighted by Crippen LogP contribution is 2.07. The van der Waals surface area contributed by atoms with Crippen LogP contribution in [0, 0.1) is 0 Å². The second-order valence-electron chi connectivity index (χ2n) is 4.38. The van der Waals surface area contributed by atoms with E-state index in [2.05, 4.69) is 22.2 Å². The van der Waals surface area contributed by atoms with Gasteiger partial charge < -0.3 is 15.3 Å². The first-order valence-corrected chi connectivity index (χ1v) is 5.54. The van der Waals surface area contributed by atoms with Crippen LogP contribution in [0.3, 0.4) is 0 Å². The molecule has 0 aromatic carbocycles. The highest BCUT2D eigenvalue weighted by atomic mass is 16.4. The van der Waals surface area contributed by atoms with Crippen molar-refractivity contribution < 1.29 is 9.90 Å². The Morgan fingerprint density at radius 2 is 2.29 bits per heavy atom. The number of aryl methyl sites for hydroxylation is 1. The Labute approximate surface area is 101 Å². The van der Waals surface area contributed by atoms with E-state index in [1.807, 2.05) is 14.1 Å². The lowest BCUT2D eigenvalue weighted by Crippen LogP contribution is -2.35. The van der Waals surface area contributed by atoms with Crippen LogP contribution in [-0.4, -0.2) is 52.4 Å². The number of nitrogens with one attached hydrogen (secondary N) is 1. The number of likely N-dealkylation sites (N-methyl/N-ethyl adjacent to an activating group) is 1. The van der Waals surface area contributed by atoms with Crippen molar-refractivity contribution in [3.05, 3.63) is 17.5 Å². The summed E-state index contributed by atoms with van der Waals surface area (Å²) >= 11 is 0. The molecule has 1 heterocycles. The third kappa shape index (κ3) is 3.54. The van der Waals surface area contributed by atoms with Crippen molar-refractivity contribution in [2.75, 3.05) is 20.6 Å². The van der Waals surface area contributed by atoms with Crippen LogP contribution in [0.25, 0.3) is 0 Å². The fourth-order valence-corrected chi connectivity index (χ4v) is 1.43. The minimum atomic E-state index is -0.935. The van der Waals surface area contributed by atoms with Gasteiger partial charge in [0.05, 0.1) is 11.9 Å². The molecule has 0 spiro atoms. The van der Waals surface area contributed by atoms with Gasteiger partial charge in [0.1, 0.15) is 5.56 Å². The van der Waals surface area contributed by atoms with Gasteiger partial charge in [-0.25, -0.2) is 4.79 Å². The van der Waals surface area contributed by atoms with Gasteiger partial charge in [-0.2, -0.15) is 5.10 Å². The van der Waals surface area contributed by atoms with Gasteiger partial charge in [-0.15, -0.1) is 0 Å². The Morgan fingerprint density at radius 3 is 2.82 bits per heavy atom. The standard InChI is InChI=1S/C11H20N4O2/c1-8(14(2)3)5-12-7-10-9(11(16)17)6-13-15(10)4/h6,8,12H,5,7H2,1-4H3,(H,16,17). The Balaban J connectivity index is 2.57. The zero-order valence-electron chi connectivity index (χ0n) is 10.8. The monoisotopic (exact) mass is 240 g/mol. The average molecular weight is 240 g/mol. The number of aromatic nitrogens is 2. The highest BCUT2D eigenvalue weighted by molar-refractivity contribution is 5.88. The third-order valence-corrected chi connectivity index (χ3v) is 2.91. The number of hydrogen-bond donors (Lipinski definition) is 2. The van der Waals surface area contributed by atoms with E-state index in [4.69, 9.17) is 5.11 Å². The first-order chi connectivity index (χ1) is 7.93. The van der Waals surface area contributed by atoms with Crippen molar-refractivity contribution in [1.29, 1.82) is 0 Å². The van der Waals surface area contributed by atoms with Gasteiger partial charge in [-0.1, -0.05) is 0 Å². The molecular formula is C11H20N4O2. The van der Waals surface area contributed by atoms with E-state index in [-0.39, 0.29) is 5.56 Å². The van der Waals surface area contributed by atoms with Crippen LogP contribution >= 0.6 is 0 Å². The zero-order valence-corrected chi connectivity index (χ0v) is 10.8. The van der Waals surface area contributed by atoms with Crippen molar-refractivity contribution in [3.63, 3.8) is 0 Å². The molecule has 1 unspecified atom stereocenters. The Morgan fingerprint density at radius 1 is 1.65 bits per heavy atom. The van der Waals surface area contributed by atoms with Crippen molar-refractivity contribution in [3.8, 4) is 0 Å². The van der Waals surface area contributed by atoms with E-state index < -0.39 is 5.97 Å². The zero-order chi connectivity index (χ0) is 13.0. The van der Waals surface area contributed by atoms with Gasteiger partial charge in [0.2, 0.25) is 0 Å². The summed E-state index contributed by atoms with van der Waals surface area (Å²) in [4.78, 5) is 13.1. The van der Waals surface area contributed by atoms with Gasteiger partial charge in [-0.05, 0) is 21.0 Å². The molecule has 0 bridgehead atoms. The molecule has 0 amide bonds. The molecular weight excluding hydrogens is 220 g/mol. The third-order valence-electron chi connectivity index (χ3n) is 2.91. The molecule has 96 valence electrons. The summed E-state index contributed by atoms with van der Waals surface area (Å²) in [5, 5.41) is 16.2. The molecule has 17 heavy (non-hydrogen) atoms. The summed E-state index contributed by atoms with van der Waals surface area (Å²) in [6.07, 6.45) is 1.38. The Hall–Kier alpha value is -1.40. The summed E-state index contributed by atoms with van der Waals surface area (Å²) in [5.41, 5.74) is 0.959. The molecule has 0 saturated heterocycles. The highest BCUT2D eigenvalue weighted by Gasteiger charge is 2.14. The first kappa shape index (κ1) is 13.7. The number of rotatable bonds is 6. The average Bonchev–Trinajstić information content (AvgIpc) is 2.60. The van der Waals surface area contributed by atoms with E-state index in [1.165, 1.54) is 6.20 Å². The van der Waals surface area contributed by atoms with Crippen molar-refractivity contribution in [2.45, 2.75) is 19.5 Å². The summed E-state index contributed by atoms with van der Waals surface area (Å²) in [5.74, 6) is -0.935. The van der Waals surface area contributed by atoms with Gasteiger partial charge in [0.25, 0.3) is 0 Å². The van der Waals surface area contributed by atoms with Crippen LogP contribution in [0.15, 0.2) is 6.20 Å². The van der Waals surface area contributed by atoms with E-state index >= 15 is 0 Å². The normalized spacial score (nSPS) is 13.0. The summed E-state index contributed by atoms with van der Waals surface area (Å²) in [7, 11) is 5.77. The van der Waals surface area contributed by atoms with E-state index in [9.17, 15) is 4.79 Å². The van der Waals surface area contributed by atoms with Gasteiger partial charge in [0.15, 0.2) is 0 Å². The summed E-state index contributed by atoms with van der Waals surface area (Å²) < 4.78 is 1.59. The van der Waals surface area contributed by atoms with Crippen LogP contribution in [0.2, 0.25) is 0 Å². The Kier molecular flexibility index (Phi) is 4.65. The number of nitrogens with zero attached hydrogens (tertiary/aromatic N) is 3. The molecule has 1 atom stereocenters. The number of aromatic carboxylic acids is 1. The number of carbonyl (C=O) groups is 1. The quantitative estimate of drug-likeness (QED) is 0.741. The lowest BCUT2D eigenvalue weighted by atomic mass is 10.2. The molecule has 0 radical (unpaired) electrons. The first-order valence-electron chi connectivity index (χ1n) is 5.54. The van der Waals surface area contributed by atoms with Crippen LogP contribution in [-0.2, 0) is 13.6 Å². The van der Waals surface area contributed by atoms with E-state index in [1.54, 1.807) is 11.7 Å². The maximum absolute atomic E-state index is 11.0. The van der Waals surface area contributed by atoms with Crippen LogP contribution in [0.5, 0.6) is 0 Å². The number of carboxylic acid groups (broad SMARTS) is 1. The van der Waals surface area contributed by atoms with E-state index in [0.29, 0.717) is 18.3 Å². The van der Waals surface area contributed by atoms with Gasteiger partial charge >= 0.3 is 5.97 Å². The lowest BCUT2D eigenvalue weighted by molar-refractivity contribution is 0.0695. The molecule has 1 rings (SSSR count). The van der Waals surface area contributed by atoms with E-state index in [0.717, 1.165) is 6.54 Å². The van der Waals surface area contributed by atoms with Gasteiger partial charge in [-0.3, -0.25) is 4.68 Å². The van der Waals surface area contributed by atoms with Crippen molar-refractivity contribution in [1.82, 2.24) is 20.0 Å². The molecule has 0 aliphatic carbocycles. The fourth-order valence-electron chi connectivity index (χ4n) is 1.43. The molecule has 2 N–H and O–H groups in total. The minimum absolute atomic E-state index is 0.262. The predicted molar refractivity (Wildman–Crippen MR) is 65.0 cm³/mol. The smallest absolute Gasteiger partial charge is 0.339 e. The summed E-state index contributed by atoms with van der Waals surface area (Å²) in [6, 6.07) is 0.400. The largest absolute Gasteiger partial charge is 0.478 e.